The van der Waals surface area contributed by atoms with E-state index in [0.29, 0.717) is 17.7 Å². The van der Waals surface area contributed by atoms with Gasteiger partial charge in [0.05, 0.1) is 5.92 Å². The Hall–Kier alpha value is -1.92. The van der Waals surface area contributed by atoms with E-state index in [1.54, 1.807) is 0 Å². The third-order valence-corrected chi connectivity index (χ3v) is 5.56. The van der Waals surface area contributed by atoms with Gasteiger partial charge in [0.25, 0.3) is 0 Å². The highest BCUT2D eigenvalue weighted by molar-refractivity contribution is 5.73. The Kier molecular flexibility index (Phi) is 3.16. The lowest BCUT2D eigenvalue weighted by molar-refractivity contribution is -0.164. The highest BCUT2D eigenvalue weighted by Gasteiger charge is 2.51. The molecule has 4 saturated carbocycles. The summed E-state index contributed by atoms with van der Waals surface area (Å²) in [6.07, 6.45) is 6.14. The molecule has 4 fully saturated rings. The molecular formula is C15H21N5O2. The third kappa shape index (κ3) is 2.38. The largest absolute Gasteiger partial charge is 0.457 e. The molecule has 7 heteroatoms. The predicted molar refractivity (Wildman–Crippen MR) is 79.0 cm³/mol. The number of nitrogens with two attached hydrogens (primary N) is 2. The third-order valence-electron chi connectivity index (χ3n) is 5.56. The van der Waals surface area contributed by atoms with Crippen LogP contribution >= 0.6 is 0 Å². The van der Waals surface area contributed by atoms with Gasteiger partial charge in [-0.15, -0.1) is 0 Å². The second-order valence-electron chi connectivity index (χ2n) is 7.03. The maximum atomic E-state index is 12.5. The number of aromatic nitrogens is 3. The zero-order chi connectivity index (χ0) is 15.3. The minimum absolute atomic E-state index is 0.0125. The summed E-state index contributed by atoms with van der Waals surface area (Å²) in [5.41, 5.74) is 11.0. The minimum atomic E-state index is -0.105. The van der Waals surface area contributed by atoms with E-state index in [4.69, 9.17) is 16.2 Å². The second-order valence-corrected chi connectivity index (χ2v) is 7.03. The summed E-state index contributed by atoms with van der Waals surface area (Å²) in [7, 11) is 0. The van der Waals surface area contributed by atoms with Crippen LogP contribution in [0.25, 0.3) is 0 Å². The van der Waals surface area contributed by atoms with Gasteiger partial charge in [-0.05, 0) is 55.8 Å². The summed E-state index contributed by atoms with van der Waals surface area (Å²) in [5, 5.41) is 0. The average Bonchev–Trinajstić information content (AvgIpc) is 2.43. The normalized spacial score (nSPS) is 35.5. The molecule has 4 bridgehead atoms. The van der Waals surface area contributed by atoms with Crippen molar-refractivity contribution in [3.05, 3.63) is 5.82 Å². The standard InChI is InChI=1S/C15H21N5O2/c16-14-18-11(19-15(17)20-14)6-22-13(21)12-9-2-7-1-8(4-9)5-10(12)3-7/h7-10,12H,1-6H2,(H4,16,17,18,19,20). The van der Waals surface area contributed by atoms with Crippen molar-refractivity contribution in [3.63, 3.8) is 0 Å². The predicted octanol–water partition coefficient (Wildman–Crippen LogP) is 1.15. The average molecular weight is 303 g/mol. The molecule has 0 spiro atoms. The highest BCUT2D eigenvalue weighted by atomic mass is 16.5. The van der Waals surface area contributed by atoms with Crippen LogP contribution in [0.5, 0.6) is 0 Å². The van der Waals surface area contributed by atoms with Gasteiger partial charge in [0.1, 0.15) is 0 Å². The summed E-state index contributed by atoms with van der Waals surface area (Å²) < 4.78 is 5.46. The molecule has 4 aliphatic rings. The van der Waals surface area contributed by atoms with Crippen molar-refractivity contribution in [2.75, 3.05) is 11.5 Å². The summed E-state index contributed by atoms with van der Waals surface area (Å²) in [6, 6.07) is 0. The molecule has 5 rings (SSSR count). The van der Waals surface area contributed by atoms with Gasteiger partial charge >= 0.3 is 5.97 Å². The molecule has 7 nitrogen and oxygen atoms in total. The molecule has 1 aromatic heterocycles. The van der Waals surface area contributed by atoms with Crippen LogP contribution in [-0.2, 0) is 16.1 Å². The molecule has 0 amide bonds. The molecule has 0 aromatic carbocycles. The van der Waals surface area contributed by atoms with Crippen molar-refractivity contribution < 1.29 is 9.53 Å². The molecule has 0 atom stereocenters. The number of hydrogen-bond acceptors (Lipinski definition) is 7. The van der Waals surface area contributed by atoms with Crippen molar-refractivity contribution >= 4 is 17.9 Å². The lowest BCUT2D eigenvalue weighted by atomic mass is 9.52. The summed E-state index contributed by atoms with van der Waals surface area (Å²) in [4.78, 5) is 24.1. The van der Waals surface area contributed by atoms with Crippen LogP contribution in [0.3, 0.4) is 0 Å². The fourth-order valence-corrected chi connectivity index (χ4v) is 5.06. The molecule has 4 N–H and O–H groups in total. The van der Waals surface area contributed by atoms with Gasteiger partial charge in [0.2, 0.25) is 11.9 Å². The Balaban J connectivity index is 1.42. The van der Waals surface area contributed by atoms with Crippen LogP contribution in [0.15, 0.2) is 0 Å². The topological polar surface area (TPSA) is 117 Å². The lowest BCUT2D eigenvalue weighted by Crippen LogP contribution is -2.48. The number of ether oxygens (including phenoxy) is 1. The number of nitrogens with zero attached hydrogens (tertiary/aromatic N) is 3. The van der Waals surface area contributed by atoms with Crippen LogP contribution in [0, 0.1) is 29.6 Å². The van der Waals surface area contributed by atoms with Crippen molar-refractivity contribution in [2.45, 2.75) is 38.7 Å². The monoisotopic (exact) mass is 303 g/mol. The van der Waals surface area contributed by atoms with Crippen LogP contribution in [0.2, 0.25) is 0 Å². The number of carbonyl (C=O) groups is 1. The first-order valence-electron chi connectivity index (χ1n) is 8.01. The Morgan fingerprint density at radius 1 is 0.955 bits per heavy atom. The van der Waals surface area contributed by atoms with Gasteiger partial charge in [0.15, 0.2) is 12.4 Å². The van der Waals surface area contributed by atoms with Crippen molar-refractivity contribution in [2.24, 2.45) is 29.6 Å². The zero-order valence-electron chi connectivity index (χ0n) is 12.4. The quantitative estimate of drug-likeness (QED) is 0.804. The SMILES string of the molecule is Nc1nc(N)nc(COC(=O)C2C3CC4CC(C3)CC2C4)n1. The van der Waals surface area contributed by atoms with Crippen LogP contribution < -0.4 is 11.5 Å². The second kappa shape index (κ2) is 5.07. The van der Waals surface area contributed by atoms with E-state index in [-0.39, 0.29) is 30.4 Å². The highest BCUT2D eigenvalue weighted by Crippen LogP contribution is 2.56. The van der Waals surface area contributed by atoms with E-state index >= 15 is 0 Å². The van der Waals surface area contributed by atoms with E-state index in [1.165, 1.54) is 32.1 Å². The molecule has 0 saturated heterocycles. The van der Waals surface area contributed by atoms with Crippen molar-refractivity contribution in [3.8, 4) is 0 Å². The van der Waals surface area contributed by atoms with Gasteiger partial charge in [-0.2, -0.15) is 15.0 Å². The lowest BCUT2D eigenvalue weighted by Gasteiger charge is -2.53. The Bertz CT molecular complexity index is 557. The zero-order valence-corrected chi connectivity index (χ0v) is 12.4. The number of nitrogen functional groups attached to an aromatic ring is 2. The van der Waals surface area contributed by atoms with E-state index in [2.05, 4.69) is 15.0 Å². The first-order chi connectivity index (χ1) is 10.6. The smallest absolute Gasteiger partial charge is 0.309 e. The van der Waals surface area contributed by atoms with Crippen LogP contribution in [0.4, 0.5) is 11.9 Å². The fraction of sp³-hybridized carbons (Fsp3) is 0.733. The van der Waals surface area contributed by atoms with E-state index < -0.39 is 0 Å². The Labute approximate surface area is 128 Å². The summed E-state index contributed by atoms with van der Waals surface area (Å²) in [6.45, 7) is 0.0125. The molecule has 4 aliphatic carbocycles. The van der Waals surface area contributed by atoms with Crippen LogP contribution in [0.1, 0.15) is 37.9 Å². The van der Waals surface area contributed by atoms with Crippen molar-refractivity contribution in [1.82, 2.24) is 15.0 Å². The van der Waals surface area contributed by atoms with Gasteiger partial charge in [-0.3, -0.25) is 4.79 Å². The van der Waals surface area contributed by atoms with E-state index in [9.17, 15) is 4.79 Å². The number of anilines is 2. The van der Waals surface area contributed by atoms with Gasteiger partial charge < -0.3 is 16.2 Å². The van der Waals surface area contributed by atoms with E-state index in [1.807, 2.05) is 0 Å². The minimum Gasteiger partial charge on any atom is -0.457 e. The Morgan fingerprint density at radius 3 is 2.05 bits per heavy atom. The number of rotatable bonds is 3. The van der Waals surface area contributed by atoms with Crippen LogP contribution in [-0.4, -0.2) is 20.9 Å². The number of carbonyl (C=O) groups excluding carboxylic acids is 1. The molecule has 0 aliphatic heterocycles. The molecule has 22 heavy (non-hydrogen) atoms. The van der Waals surface area contributed by atoms with Gasteiger partial charge in [-0.25, -0.2) is 0 Å². The maximum absolute atomic E-state index is 12.5. The molecule has 1 aromatic rings. The maximum Gasteiger partial charge on any atom is 0.309 e. The first kappa shape index (κ1) is 13.7. The van der Waals surface area contributed by atoms with E-state index in [0.717, 1.165) is 11.8 Å². The van der Waals surface area contributed by atoms with Gasteiger partial charge in [0, 0.05) is 0 Å². The van der Waals surface area contributed by atoms with Crippen molar-refractivity contribution in [1.29, 1.82) is 0 Å². The number of esters is 1. The fourth-order valence-electron chi connectivity index (χ4n) is 5.06. The Morgan fingerprint density at radius 2 is 1.50 bits per heavy atom. The molecule has 1 heterocycles. The van der Waals surface area contributed by atoms with Gasteiger partial charge in [-0.1, -0.05) is 0 Å². The first-order valence-corrected chi connectivity index (χ1v) is 8.01. The number of hydrogen-bond donors (Lipinski definition) is 2. The molecule has 0 radical (unpaired) electrons. The summed E-state index contributed by atoms with van der Waals surface area (Å²) in [5.74, 6) is 3.07. The molecule has 0 unspecified atom stereocenters. The molecular weight excluding hydrogens is 282 g/mol. The summed E-state index contributed by atoms with van der Waals surface area (Å²) >= 11 is 0. The molecule has 118 valence electrons.